The molecule has 0 spiro atoms. The molecule has 0 radical (unpaired) electrons. The summed E-state index contributed by atoms with van der Waals surface area (Å²) in [5.41, 5.74) is 2.26. The van der Waals surface area contributed by atoms with Crippen LogP contribution >= 0.6 is 0 Å². The van der Waals surface area contributed by atoms with E-state index in [0.29, 0.717) is 23.7 Å². The van der Waals surface area contributed by atoms with E-state index in [9.17, 15) is 9.59 Å². The molecule has 0 saturated heterocycles. The Hall–Kier alpha value is -2.50. The molecule has 1 fully saturated rings. The third-order valence-corrected chi connectivity index (χ3v) is 4.08. The van der Waals surface area contributed by atoms with Crippen LogP contribution in [0.1, 0.15) is 63.9 Å². The summed E-state index contributed by atoms with van der Waals surface area (Å²) in [6.45, 7) is 0. The van der Waals surface area contributed by atoms with Crippen LogP contribution < -0.4 is 5.32 Å². The number of pyridine rings is 1. The predicted molar refractivity (Wildman–Crippen MR) is 77.9 cm³/mol. The fourth-order valence-corrected chi connectivity index (χ4v) is 2.71. The first-order valence-electron chi connectivity index (χ1n) is 7.52. The lowest BCUT2D eigenvalue weighted by atomic mass is 9.95. The molecule has 4 rings (SSSR count). The number of rotatable bonds is 3. The van der Waals surface area contributed by atoms with Crippen LogP contribution in [0.25, 0.3) is 0 Å². The van der Waals surface area contributed by atoms with Crippen molar-refractivity contribution in [3.63, 3.8) is 0 Å². The van der Waals surface area contributed by atoms with Crippen molar-refractivity contribution in [2.75, 3.05) is 5.32 Å². The van der Waals surface area contributed by atoms with Gasteiger partial charge < -0.3 is 9.84 Å². The van der Waals surface area contributed by atoms with E-state index < -0.39 is 0 Å². The summed E-state index contributed by atoms with van der Waals surface area (Å²) in [6, 6.07) is 5.07. The number of carbonyl (C=O) groups excluding carboxylic acids is 2. The van der Waals surface area contributed by atoms with Gasteiger partial charge >= 0.3 is 0 Å². The molecular weight excluding hydrogens is 282 g/mol. The second kappa shape index (κ2) is 5.05. The maximum absolute atomic E-state index is 12.2. The topological polar surface area (TPSA) is 85.1 Å². The fourth-order valence-electron chi connectivity index (χ4n) is 2.71. The lowest BCUT2D eigenvalue weighted by Gasteiger charge is -2.14. The molecule has 0 aromatic carbocycles. The standard InChI is InChI=1S/C16H15N3O3/c20-13-3-1-2-11-10(13)6-7-15(17-11)18-16(21)14-8-12(19-22-14)9-4-5-9/h6-9H,1-5H2,(H,17,18,21). The second-order valence-corrected chi connectivity index (χ2v) is 5.81. The van der Waals surface area contributed by atoms with Gasteiger partial charge in [-0.2, -0.15) is 0 Å². The molecule has 1 saturated carbocycles. The minimum atomic E-state index is -0.367. The minimum absolute atomic E-state index is 0.121. The van der Waals surface area contributed by atoms with E-state index in [1.54, 1.807) is 18.2 Å². The molecule has 1 N–H and O–H groups in total. The molecule has 0 aliphatic heterocycles. The Morgan fingerprint density at radius 3 is 2.95 bits per heavy atom. The highest BCUT2D eigenvalue weighted by Gasteiger charge is 2.28. The van der Waals surface area contributed by atoms with Crippen molar-refractivity contribution in [3.8, 4) is 0 Å². The first-order valence-corrected chi connectivity index (χ1v) is 7.52. The van der Waals surface area contributed by atoms with Gasteiger partial charge in [0.1, 0.15) is 5.82 Å². The van der Waals surface area contributed by atoms with Crippen LogP contribution in [0.4, 0.5) is 5.82 Å². The number of hydrogen-bond acceptors (Lipinski definition) is 5. The summed E-state index contributed by atoms with van der Waals surface area (Å²) >= 11 is 0. The zero-order valence-electron chi connectivity index (χ0n) is 12.0. The van der Waals surface area contributed by atoms with Crippen molar-refractivity contribution in [1.29, 1.82) is 0 Å². The van der Waals surface area contributed by atoms with E-state index >= 15 is 0 Å². The molecule has 2 heterocycles. The summed E-state index contributed by atoms with van der Waals surface area (Å²) in [4.78, 5) is 28.3. The van der Waals surface area contributed by atoms with Crippen molar-refractivity contribution in [2.24, 2.45) is 0 Å². The number of Topliss-reactive ketones (excluding diaryl/α,β-unsaturated/α-hetero) is 1. The number of carbonyl (C=O) groups is 2. The van der Waals surface area contributed by atoms with Crippen LogP contribution in [0.3, 0.4) is 0 Å². The largest absolute Gasteiger partial charge is 0.351 e. The van der Waals surface area contributed by atoms with Gasteiger partial charge in [-0.05, 0) is 37.8 Å². The number of nitrogens with zero attached hydrogens (tertiary/aromatic N) is 2. The molecule has 2 aromatic rings. The molecule has 0 atom stereocenters. The van der Waals surface area contributed by atoms with E-state index in [1.165, 1.54) is 0 Å². The fraction of sp³-hybridized carbons (Fsp3) is 0.375. The number of anilines is 1. The molecule has 6 nitrogen and oxygen atoms in total. The van der Waals surface area contributed by atoms with Gasteiger partial charge in [0.2, 0.25) is 5.76 Å². The minimum Gasteiger partial charge on any atom is -0.351 e. The molecule has 0 unspecified atom stereocenters. The number of nitrogens with one attached hydrogen (secondary N) is 1. The van der Waals surface area contributed by atoms with Gasteiger partial charge in [0, 0.05) is 24.0 Å². The number of ketones is 1. The zero-order chi connectivity index (χ0) is 15.1. The van der Waals surface area contributed by atoms with E-state index in [2.05, 4.69) is 15.5 Å². The Morgan fingerprint density at radius 2 is 2.14 bits per heavy atom. The van der Waals surface area contributed by atoms with E-state index in [0.717, 1.165) is 37.1 Å². The van der Waals surface area contributed by atoms with Gasteiger partial charge in [-0.3, -0.25) is 9.59 Å². The van der Waals surface area contributed by atoms with Crippen molar-refractivity contribution in [1.82, 2.24) is 10.1 Å². The first-order chi connectivity index (χ1) is 10.7. The van der Waals surface area contributed by atoms with Gasteiger partial charge in [0.25, 0.3) is 5.91 Å². The van der Waals surface area contributed by atoms with Gasteiger partial charge in [-0.25, -0.2) is 4.98 Å². The normalized spacial score (nSPS) is 17.2. The van der Waals surface area contributed by atoms with Crippen molar-refractivity contribution in [2.45, 2.75) is 38.0 Å². The number of hydrogen-bond donors (Lipinski definition) is 1. The van der Waals surface area contributed by atoms with Crippen molar-refractivity contribution >= 4 is 17.5 Å². The van der Waals surface area contributed by atoms with Crippen LogP contribution in [0.15, 0.2) is 22.7 Å². The van der Waals surface area contributed by atoms with Gasteiger partial charge in [0.15, 0.2) is 5.78 Å². The predicted octanol–water partition coefficient (Wildman–Crippen LogP) is 2.72. The van der Waals surface area contributed by atoms with E-state index in [-0.39, 0.29) is 17.5 Å². The van der Waals surface area contributed by atoms with Gasteiger partial charge in [-0.1, -0.05) is 5.16 Å². The molecular formula is C16H15N3O3. The third-order valence-electron chi connectivity index (χ3n) is 4.08. The Labute approximate surface area is 126 Å². The Bertz CT molecular complexity index is 762. The highest BCUT2D eigenvalue weighted by Crippen LogP contribution is 2.39. The molecule has 2 aromatic heterocycles. The molecule has 2 aliphatic rings. The Morgan fingerprint density at radius 1 is 1.27 bits per heavy atom. The summed E-state index contributed by atoms with van der Waals surface area (Å²) in [5.74, 6) is 0.823. The summed E-state index contributed by atoms with van der Waals surface area (Å²) < 4.78 is 5.09. The Kier molecular flexibility index (Phi) is 3.03. The molecule has 2 aliphatic carbocycles. The molecule has 6 heteroatoms. The van der Waals surface area contributed by atoms with Gasteiger partial charge in [0.05, 0.1) is 11.4 Å². The number of aryl methyl sites for hydroxylation is 1. The summed E-state index contributed by atoms with van der Waals surface area (Å²) in [6.07, 6.45) is 4.35. The van der Waals surface area contributed by atoms with Crippen LogP contribution in [0.5, 0.6) is 0 Å². The highest BCUT2D eigenvalue weighted by atomic mass is 16.5. The van der Waals surface area contributed by atoms with Crippen molar-refractivity contribution < 1.29 is 14.1 Å². The highest BCUT2D eigenvalue weighted by molar-refractivity contribution is 6.02. The van der Waals surface area contributed by atoms with E-state index in [1.807, 2.05) is 0 Å². The summed E-state index contributed by atoms with van der Waals surface area (Å²) in [5, 5.41) is 6.62. The number of aromatic nitrogens is 2. The number of fused-ring (bicyclic) bond motifs is 1. The van der Waals surface area contributed by atoms with Crippen LogP contribution in [0, 0.1) is 0 Å². The monoisotopic (exact) mass is 297 g/mol. The SMILES string of the molecule is O=C(Nc1ccc2c(n1)CCCC2=O)c1cc(C2CC2)no1. The van der Waals surface area contributed by atoms with Crippen LogP contribution in [-0.2, 0) is 6.42 Å². The van der Waals surface area contributed by atoms with Crippen LogP contribution in [-0.4, -0.2) is 21.8 Å². The maximum Gasteiger partial charge on any atom is 0.295 e. The molecule has 1 amide bonds. The quantitative estimate of drug-likeness (QED) is 0.941. The van der Waals surface area contributed by atoms with Crippen molar-refractivity contribution in [3.05, 3.63) is 40.9 Å². The lowest BCUT2D eigenvalue weighted by Crippen LogP contribution is -2.16. The molecule has 112 valence electrons. The Balaban J connectivity index is 1.52. The average Bonchev–Trinajstić information content (AvgIpc) is 3.24. The smallest absolute Gasteiger partial charge is 0.295 e. The van der Waals surface area contributed by atoms with Crippen LogP contribution in [0.2, 0.25) is 0 Å². The third kappa shape index (κ3) is 2.41. The zero-order valence-corrected chi connectivity index (χ0v) is 12.0. The molecule has 22 heavy (non-hydrogen) atoms. The number of amides is 1. The summed E-state index contributed by atoms with van der Waals surface area (Å²) in [7, 11) is 0. The maximum atomic E-state index is 12.2. The average molecular weight is 297 g/mol. The first kappa shape index (κ1) is 13.2. The van der Waals surface area contributed by atoms with Gasteiger partial charge in [-0.15, -0.1) is 0 Å². The molecule has 0 bridgehead atoms. The van der Waals surface area contributed by atoms with E-state index in [4.69, 9.17) is 4.52 Å². The second-order valence-electron chi connectivity index (χ2n) is 5.81. The lowest BCUT2D eigenvalue weighted by molar-refractivity contribution is 0.0970.